The molecular formula is C14H25NO3S2. The van der Waals surface area contributed by atoms with E-state index in [-0.39, 0.29) is 12.6 Å². The van der Waals surface area contributed by atoms with E-state index in [2.05, 4.69) is 0 Å². The molecular weight excluding hydrogens is 294 g/mol. The molecule has 0 radical (unpaired) electrons. The molecule has 0 amide bonds. The highest BCUT2D eigenvalue weighted by molar-refractivity contribution is 8.40. The fraction of sp³-hybridized carbons (Fsp3) is 0.714. The van der Waals surface area contributed by atoms with Gasteiger partial charge in [-0.2, -0.15) is 0 Å². The molecule has 0 unspecified atom stereocenters. The summed E-state index contributed by atoms with van der Waals surface area (Å²) in [5.41, 5.74) is -0.532. The molecule has 6 heteroatoms. The second-order valence-electron chi connectivity index (χ2n) is 5.73. The van der Waals surface area contributed by atoms with Gasteiger partial charge in [-0.05, 0) is 46.4 Å². The smallest absolute Gasteiger partial charge is 0.322 e. The Morgan fingerprint density at radius 1 is 1.30 bits per heavy atom. The van der Waals surface area contributed by atoms with Gasteiger partial charge in [0.2, 0.25) is 0 Å². The molecule has 0 saturated heterocycles. The maximum atomic E-state index is 12.1. The van der Waals surface area contributed by atoms with Gasteiger partial charge >= 0.3 is 5.97 Å². The van der Waals surface area contributed by atoms with Gasteiger partial charge in [0.15, 0.2) is 0 Å². The fourth-order valence-electron chi connectivity index (χ4n) is 1.18. The third kappa shape index (κ3) is 7.97. The van der Waals surface area contributed by atoms with E-state index < -0.39 is 10.3 Å². The summed E-state index contributed by atoms with van der Waals surface area (Å²) in [5, 5.41) is 16.9. The van der Waals surface area contributed by atoms with E-state index in [0.29, 0.717) is 10.8 Å². The number of allylic oxidation sites excluding steroid dienone is 1. The minimum atomic E-state index is -0.810. The lowest BCUT2D eigenvalue weighted by Gasteiger charge is -2.28. The van der Waals surface area contributed by atoms with E-state index in [0.717, 1.165) is 4.91 Å². The zero-order valence-electron chi connectivity index (χ0n) is 13.1. The Morgan fingerprint density at radius 3 is 2.25 bits per heavy atom. The number of thioether (sulfide) groups is 2. The number of hydrogen-bond donors (Lipinski definition) is 2. The summed E-state index contributed by atoms with van der Waals surface area (Å²) < 4.78 is 4.87. The van der Waals surface area contributed by atoms with Crippen LogP contribution in [0.15, 0.2) is 11.0 Å². The van der Waals surface area contributed by atoms with Crippen LogP contribution in [0, 0.1) is 5.41 Å². The molecule has 0 rings (SSSR count). The Hall–Kier alpha value is -0.460. The van der Waals surface area contributed by atoms with Crippen LogP contribution in [0.3, 0.4) is 0 Å². The maximum Gasteiger partial charge on any atom is 0.322 e. The van der Waals surface area contributed by atoms with Gasteiger partial charge in [0, 0.05) is 13.0 Å². The van der Waals surface area contributed by atoms with Gasteiger partial charge in [-0.3, -0.25) is 10.2 Å². The number of nitrogens with one attached hydrogen (secondary N) is 1. The van der Waals surface area contributed by atoms with Crippen LogP contribution in [0.5, 0.6) is 0 Å². The Kier molecular flexibility index (Phi) is 7.91. The number of aliphatic hydroxyl groups excluding tert-OH is 1. The molecule has 0 heterocycles. The average Bonchev–Trinajstić information content (AvgIpc) is 2.25. The lowest BCUT2D eigenvalue weighted by molar-refractivity contribution is -0.156. The number of hydrogen-bond acceptors (Lipinski definition) is 6. The largest absolute Gasteiger partial charge is 0.459 e. The molecule has 0 atom stereocenters. The van der Waals surface area contributed by atoms with Crippen LogP contribution in [0.25, 0.3) is 0 Å². The van der Waals surface area contributed by atoms with E-state index in [1.54, 1.807) is 13.8 Å². The molecule has 0 aliphatic carbocycles. The molecule has 0 fully saturated rings. The predicted octanol–water partition coefficient (Wildman–Crippen LogP) is 3.79. The lowest BCUT2D eigenvalue weighted by Crippen LogP contribution is -2.36. The summed E-state index contributed by atoms with van der Waals surface area (Å²) in [5.74, 6) is -0.329. The van der Waals surface area contributed by atoms with Crippen molar-refractivity contribution in [2.24, 2.45) is 0 Å². The van der Waals surface area contributed by atoms with Crippen LogP contribution in [0.4, 0.5) is 0 Å². The SMILES string of the molecule is C/C=C(\CCO)SC(=N)SC(C)(C)C(=O)OC(C)(C)C. The van der Waals surface area contributed by atoms with Crippen LogP contribution in [-0.4, -0.2) is 32.4 Å². The van der Waals surface area contributed by atoms with Gasteiger partial charge in [0.25, 0.3) is 0 Å². The first-order valence-corrected chi connectivity index (χ1v) is 8.10. The normalized spacial score (nSPS) is 13.2. The van der Waals surface area contributed by atoms with Crippen LogP contribution in [-0.2, 0) is 9.53 Å². The molecule has 116 valence electrons. The van der Waals surface area contributed by atoms with Crippen LogP contribution < -0.4 is 0 Å². The van der Waals surface area contributed by atoms with E-state index in [1.165, 1.54) is 23.5 Å². The zero-order chi connectivity index (χ0) is 16.0. The van der Waals surface area contributed by atoms with Crippen molar-refractivity contribution < 1.29 is 14.6 Å². The standard InChI is InChI=1S/C14H25NO3S2/c1-7-10(8-9-16)19-12(15)20-14(5,6)11(17)18-13(2,3)4/h7,15-16H,8-9H2,1-6H3/b10-7+,15-12?. The van der Waals surface area contributed by atoms with Crippen molar-refractivity contribution in [1.82, 2.24) is 0 Å². The van der Waals surface area contributed by atoms with Crippen LogP contribution >= 0.6 is 23.5 Å². The second-order valence-corrected chi connectivity index (χ2v) is 8.76. The molecule has 20 heavy (non-hydrogen) atoms. The predicted molar refractivity (Wildman–Crippen MR) is 88.3 cm³/mol. The molecule has 0 aromatic rings. The fourth-order valence-corrected chi connectivity index (χ4v) is 3.43. The zero-order valence-corrected chi connectivity index (χ0v) is 14.7. The van der Waals surface area contributed by atoms with Crippen LogP contribution in [0.1, 0.15) is 48.0 Å². The number of aliphatic hydroxyl groups is 1. The van der Waals surface area contributed by atoms with Crippen molar-refractivity contribution in [3.63, 3.8) is 0 Å². The molecule has 0 spiro atoms. The van der Waals surface area contributed by atoms with Crippen molar-refractivity contribution in [1.29, 1.82) is 5.41 Å². The highest BCUT2D eigenvalue weighted by Gasteiger charge is 2.34. The molecule has 2 N–H and O–H groups in total. The van der Waals surface area contributed by atoms with Gasteiger partial charge in [-0.15, -0.1) is 0 Å². The highest BCUT2D eigenvalue weighted by Crippen LogP contribution is 2.35. The van der Waals surface area contributed by atoms with Crippen molar-refractivity contribution in [2.45, 2.75) is 58.3 Å². The number of esters is 1. The Bertz CT molecular complexity index is 384. The first-order valence-electron chi connectivity index (χ1n) is 6.46. The molecule has 0 saturated carbocycles. The first kappa shape index (κ1) is 19.5. The Morgan fingerprint density at radius 2 is 1.85 bits per heavy atom. The average molecular weight is 319 g/mol. The van der Waals surface area contributed by atoms with Gasteiger partial charge in [0.05, 0.1) is 0 Å². The summed E-state index contributed by atoms with van der Waals surface area (Å²) in [6.07, 6.45) is 2.40. The molecule has 0 aromatic carbocycles. The summed E-state index contributed by atoms with van der Waals surface area (Å²) in [7, 11) is 0. The second kappa shape index (κ2) is 8.10. The lowest BCUT2D eigenvalue weighted by atomic mass is 10.1. The van der Waals surface area contributed by atoms with Crippen molar-refractivity contribution in [3.05, 3.63) is 11.0 Å². The molecule has 4 nitrogen and oxygen atoms in total. The minimum absolute atomic E-state index is 0.0556. The Labute approximate surface area is 130 Å². The Balaban J connectivity index is 4.60. The van der Waals surface area contributed by atoms with Crippen molar-refractivity contribution in [2.75, 3.05) is 6.61 Å². The van der Waals surface area contributed by atoms with Gasteiger partial charge in [0.1, 0.15) is 14.7 Å². The number of rotatable bonds is 5. The summed E-state index contributed by atoms with van der Waals surface area (Å²) in [4.78, 5) is 13.0. The summed E-state index contributed by atoms with van der Waals surface area (Å²) in [6, 6.07) is 0. The highest BCUT2D eigenvalue weighted by atomic mass is 32.2. The van der Waals surface area contributed by atoms with Crippen molar-refractivity contribution >= 4 is 33.9 Å². The van der Waals surface area contributed by atoms with E-state index in [4.69, 9.17) is 15.3 Å². The van der Waals surface area contributed by atoms with Crippen LogP contribution in [0.2, 0.25) is 0 Å². The molecule has 0 bridgehead atoms. The summed E-state index contributed by atoms with van der Waals surface area (Å²) >= 11 is 2.44. The quantitative estimate of drug-likeness (QED) is 0.458. The van der Waals surface area contributed by atoms with Crippen molar-refractivity contribution in [3.8, 4) is 0 Å². The van der Waals surface area contributed by atoms with E-state index >= 15 is 0 Å². The topological polar surface area (TPSA) is 70.4 Å². The number of carbonyl (C=O) groups is 1. The first-order chi connectivity index (χ1) is 9.01. The molecule has 0 aliphatic heterocycles. The third-order valence-electron chi connectivity index (χ3n) is 2.14. The summed E-state index contributed by atoms with van der Waals surface area (Å²) in [6.45, 7) is 10.9. The van der Waals surface area contributed by atoms with E-state index in [9.17, 15) is 4.79 Å². The minimum Gasteiger partial charge on any atom is -0.459 e. The van der Waals surface area contributed by atoms with E-state index in [1.807, 2.05) is 33.8 Å². The molecule has 0 aromatic heterocycles. The van der Waals surface area contributed by atoms with Gasteiger partial charge < -0.3 is 9.84 Å². The third-order valence-corrected chi connectivity index (χ3v) is 4.39. The van der Waals surface area contributed by atoms with Gasteiger partial charge in [-0.1, -0.05) is 29.6 Å². The molecule has 0 aliphatic rings. The number of ether oxygens (including phenoxy) is 1. The number of carbonyl (C=O) groups excluding carboxylic acids is 1. The van der Waals surface area contributed by atoms with Gasteiger partial charge in [-0.25, -0.2) is 0 Å². The maximum absolute atomic E-state index is 12.1. The monoisotopic (exact) mass is 319 g/mol.